The van der Waals surface area contributed by atoms with Gasteiger partial charge in [0.1, 0.15) is 0 Å². The molecule has 2 N–H and O–H groups in total. The van der Waals surface area contributed by atoms with E-state index in [1.165, 1.54) is 0 Å². The fourth-order valence-electron chi connectivity index (χ4n) is 3.68. The number of rotatable bonds is 6. The molecule has 0 unspecified atom stereocenters. The Labute approximate surface area is 186 Å². The van der Waals surface area contributed by atoms with E-state index >= 15 is 0 Å². The van der Waals surface area contributed by atoms with Gasteiger partial charge in [-0.1, -0.05) is 60.1 Å². The Morgan fingerprint density at radius 1 is 0.935 bits per heavy atom. The number of hydrogen-bond acceptors (Lipinski definition) is 3. The predicted molar refractivity (Wildman–Crippen MR) is 126 cm³/mol. The Balaban J connectivity index is 1.52. The van der Waals surface area contributed by atoms with Gasteiger partial charge in [-0.05, 0) is 48.7 Å². The molecule has 5 heteroatoms. The molecule has 4 nitrogen and oxygen atoms in total. The summed E-state index contributed by atoms with van der Waals surface area (Å²) in [5.41, 5.74) is 5.71. The van der Waals surface area contributed by atoms with Gasteiger partial charge in [0.05, 0.1) is 10.7 Å². The maximum atomic E-state index is 12.6. The van der Waals surface area contributed by atoms with Crippen molar-refractivity contribution in [2.45, 2.75) is 26.2 Å². The van der Waals surface area contributed by atoms with E-state index in [4.69, 9.17) is 11.6 Å². The second-order valence-corrected chi connectivity index (χ2v) is 8.04. The number of benzene rings is 3. The van der Waals surface area contributed by atoms with Crippen molar-refractivity contribution in [3.63, 3.8) is 0 Å². The van der Waals surface area contributed by atoms with Gasteiger partial charge in [-0.2, -0.15) is 0 Å². The molecule has 0 bridgehead atoms. The van der Waals surface area contributed by atoms with Crippen LogP contribution >= 0.6 is 11.6 Å². The maximum absolute atomic E-state index is 12.6. The molecule has 0 saturated heterocycles. The average molecular weight is 431 g/mol. The SMILES string of the molecule is Cc1ccccc1NC(=O)c1ccc(NC2=C(Cc3ccccc3)C(=O)CC2)c(Cl)c1. The Hall–Kier alpha value is -3.37. The molecule has 156 valence electrons. The summed E-state index contributed by atoms with van der Waals surface area (Å²) in [6.45, 7) is 1.94. The van der Waals surface area contributed by atoms with Crippen LogP contribution in [0.5, 0.6) is 0 Å². The Bertz CT molecular complexity index is 1170. The van der Waals surface area contributed by atoms with Crippen molar-refractivity contribution in [3.05, 3.63) is 106 Å². The number of para-hydroxylation sites is 1. The highest BCUT2D eigenvalue weighted by molar-refractivity contribution is 6.33. The molecule has 0 spiro atoms. The summed E-state index contributed by atoms with van der Waals surface area (Å²) in [4.78, 5) is 25.1. The predicted octanol–water partition coefficient (Wildman–Crippen LogP) is 6.17. The minimum absolute atomic E-state index is 0.164. The van der Waals surface area contributed by atoms with E-state index in [1.54, 1.807) is 18.2 Å². The summed E-state index contributed by atoms with van der Waals surface area (Å²) in [5, 5.41) is 6.68. The van der Waals surface area contributed by atoms with Crippen LogP contribution in [0.15, 0.2) is 84.1 Å². The molecule has 4 rings (SSSR count). The van der Waals surface area contributed by atoms with Crippen LogP contribution in [-0.4, -0.2) is 11.7 Å². The van der Waals surface area contributed by atoms with E-state index in [2.05, 4.69) is 10.6 Å². The zero-order valence-corrected chi connectivity index (χ0v) is 18.0. The molecule has 1 amide bonds. The third kappa shape index (κ3) is 4.86. The number of Topliss-reactive ketones (excluding diaryl/α,β-unsaturated/α-hetero) is 1. The fraction of sp³-hybridized carbons (Fsp3) is 0.154. The number of halogens is 1. The van der Waals surface area contributed by atoms with E-state index in [0.29, 0.717) is 35.5 Å². The molecule has 0 fully saturated rings. The van der Waals surface area contributed by atoms with Crippen LogP contribution in [0.1, 0.15) is 34.3 Å². The monoisotopic (exact) mass is 430 g/mol. The minimum atomic E-state index is -0.220. The number of hydrogen-bond donors (Lipinski definition) is 2. The van der Waals surface area contributed by atoms with Crippen molar-refractivity contribution in [2.75, 3.05) is 10.6 Å². The van der Waals surface area contributed by atoms with Gasteiger partial charge in [-0.25, -0.2) is 0 Å². The van der Waals surface area contributed by atoms with Gasteiger partial charge < -0.3 is 10.6 Å². The molecular formula is C26H23ClN2O2. The molecule has 0 radical (unpaired) electrons. The summed E-state index contributed by atoms with van der Waals surface area (Å²) >= 11 is 6.48. The van der Waals surface area contributed by atoms with Crippen LogP contribution in [0.25, 0.3) is 0 Å². The van der Waals surface area contributed by atoms with E-state index in [1.807, 2.05) is 61.5 Å². The first-order valence-electron chi connectivity index (χ1n) is 10.2. The second kappa shape index (κ2) is 9.19. The number of ketones is 1. The van der Waals surface area contributed by atoms with Gasteiger partial charge >= 0.3 is 0 Å². The lowest BCUT2D eigenvalue weighted by Crippen LogP contribution is -2.13. The molecule has 0 atom stereocenters. The van der Waals surface area contributed by atoms with Crippen molar-refractivity contribution in [3.8, 4) is 0 Å². The van der Waals surface area contributed by atoms with Crippen LogP contribution in [0.3, 0.4) is 0 Å². The zero-order valence-electron chi connectivity index (χ0n) is 17.2. The Kier molecular flexibility index (Phi) is 6.19. The molecular weight excluding hydrogens is 408 g/mol. The first kappa shape index (κ1) is 20.9. The molecule has 31 heavy (non-hydrogen) atoms. The van der Waals surface area contributed by atoms with E-state index in [-0.39, 0.29) is 11.7 Å². The van der Waals surface area contributed by atoms with Crippen LogP contribution in [0, 0.1) is 6.92 Å². The van der Waals surface area contributed by atoms with Gasteiger partial charge in [0.25, 0.3) is 5.91 Å². The quantitative estimate of drug-likeness (QED) is 0.491. The fourth-order valence-corrected chi connectivity index (χ4v) is 3.91. The highest BCUT2D eigenvalue weighted by Gasteiger charge is 2.24. The molecule has 1 aliphatic carbocycles. The lowest BCUT2D eigenvalue weighted by Gasteiger charge is -2.13. The number of anilines is 2. The summed E-state index contributed by atoms with van der Waals surface area (Å²) in [7, 11) is 0. The standard InChI is InChI=1S/C26H23ClN2O2/c1-17-7-5-6-10-22(17)29-26(31)19-11-12-24(21(27)16-19)28-23-13-14-25(30)20(23)15-18-8-3-2-4-9-18/h2-12,16,28H,13-15H2,1H3,(H,29,31). The van der Waals surface area contributed by atoms with Gasteiger partial charge in [-0.15, -0.1) is 0 Å². The van der Waals surface area contributed by atoms with E-state index in [0.717, 1.165) is 28.1 Å². The van der Waals surface area contributed by atoms with Crippen LogP contribution < -0.4 is 10.6 Å². The highest BCUT2D eigenvalue weighted by Crippen LogP contribution is 2.31. The lowest BCUT2D eigenvalue weighted by molar-refractivity contribution is -0.115. The number of carbonyl (C=O) groups is 2. The minimum Gasteiger partial charge on any atom is -0.357 e. The van der Waals surface area contributed by atoms with Crippen molar-refractivity contribution in [2.24, 2.45) is 0 Å². The summed E-state index contributed by atoms with van der Waals surface area (Å²) in [6, 6.07) is 22.7. The van der Waals surface area contributed by atoms with Crippen LogP contribution in [0.2, 0.25) is 5.02 Å². The number of aryl methyl sites for hydroxylation is 1. The summed E-state index contributed by atoms with van der Waals surface area (Å²) in [5.74, 6) is -0.0560. The third-order valence-electron chi connectivity index (χ3n) is 5.44. The topological polar surface area (TPSA) is 58.2 Å². The third-order valence-corrected chi connectivity index (χ3v) is 5.75. The van der Waals surface area contributed by atoms with Gasteiger partial charge in [0.15, 0.2) is 5.78 Å². The normalized spacial score (nSPS) is 13.4. The Morgan fingerprint density at radius 3 is 2.42 bits per heavy atom. The van der Waals surface area contributed by atoms with Gasteiger partial charge in [0, 0.05) is 35.4 Å². The zero-order chi connectivity index (χ0) is 21.8. The van der Waals surface area contributed by atoms with E-state index < -0.39 is 0 Å². The number of nitrogens with one attached hydrogen (secondary N) is 2. The molecule has 0 saturated carbocycles. The maximum Gasteiger partial charge on any atom is 0.255 e. The van der Waals surface area contributed by atoms with Crippen molar-refractivity contribution < 1.29 is 9.59 Å². The largest absolute Gasteiger partial charge is 0.357 e. The Morgan fingerprint density at radius 2 is 1.68 bits per heavy atom. The number of allylic oxidation sites excluding steroid dienone is 2. The second-order valence-electron chi connectivity index (χ2n) is 7.63. The van der Waals surface area contributed by atoms with Crippen molar-refractivity contribution >= 4 is 34.7 Å². The lowest BCUT2D eigenvalue weighted by atomic mass is 10.0. The molecule has 1 aliphatic rings. The highest BCUT2D eigenvalue weighted by atomic mass is 35.5. The van der Waals surface area contributed by atoms with Crippen molar-refractivity contribution in [1.29, 1.82) is 0 Å². The van der Waals surface area contributed by atoms with Gasteiger partial charge in [0.2, 0.25) is 0 Å². The molecule has 3 aromatic carbocycles. The van der Waals surface area contributed by atoms with Crippen LogP contribution in [-0.2, 0) is 11.2 Å². The van der Waals surface area contributed by atoms with Crippen molar-refractivity contribution in [1.82, 2.24) is 0 Å². The smallest absolute Gasteiger partial charge is 0.255 e. The molecule has 0 aliphatic heterocycles. The van der Waals surface area contributed by atoms with Crippen LogP contribution in [0.4, 0.5) is 11.4 Å². The molecule has 3 aromatic rings. The van der Waals surface area contributed by atoms with E-state index in [9.17, 15) is 9.59 Å². The summed E-state index contributed by atoms with van der Waals surface area (Å²) in [6.07, 6.45) is 1.75. The first-order chi connectivity index (χ1) is 15.0. The van der Waals surface area contributed by atoms with Gasteiger partial charge in [-0.3, -0.25) is 9.59 Å². The number of amides is 1. The first-order valence-corrected chi connectivity index (χ1v) is 10.6. The molecule has 0 heterocycles. The average Bonchev–Trinajstić information content (AvgIpc) is 3.11. The molecule has 0 aromatic heterocycles. The summed E-state index contributed by atoms with van der Waals surface area (Å²) < 4.78 is 0. The number of carbonyl (C=O) groups excluding carboxylic acids is 2.